The van der Waals surface area contributed by atoms with Crippen molar-refractivity contribution in [2.45, 2.75) is 17.9 Å². The van der Waals surface area contributed by atoms with Gasteiger partial charge in [0.2, 0.25) is 0 Å². The van der Waals surface area contributed by atoms with Crippen molar-refractivity contribution in [2.75, 3.05) is 20.0 Å². The molecule has 0 aliphatic carbocycles. The molecule has 15 heavy (non-hydrogen) atoms. The van der Waals surface area contributed by atoms with Crippen LogP contribution in [0.25, 0.3) is 0 Å². The number of ether oxygens (including phenoxy) is 1. The van der Waals surface area contributed by atoms with Crippen molar-refractivity contribution in [3.63, 3.8) is 0 Å². The van der Waals surface area contributed by atoms with E-state index in [9.17, 15) is 0 Å². The fraction of sp³-hybridized carbons (Fsp3) is 0.455. The zero-order valence-electron chi connectivity index (χ0n) is 9.28. The summed E-state index contributed by atoms with van der Waals surface area (Å²) in [5.41, 5.74) is 7.84. The first kappa shape index (κ1) is 12.4. The van der Waals surface area contributed by atoms with Gasteiger partial charge in [0, 0.05) is 4.90 Å². The molecule has 0 radical (unpaired) electrons. The largest absolute Gasteiger partial charge is 0.496 e. The first-order valence-corrected chi connectivity index (χ1v) is 5.95. The SMILES string of the molecule is COc1cc(C(N)CO)c(SC)cc1C. The Labute approximate surface area is 94.6 Å². The highest BCUT2D eigenvalue weighted by atomic mass is 32.2. The highest BCUT2D eigenvalue weighted by Crippen LogP contribution is 2.31. The predicted molar refractivity (Wildman–Crippen MR) is 63.5 cm³/mol. The van der Waals surface area contributed by atoms with Crippen molar-refractivity contribution in [1.29, 1.82) is 0 Å². The van der Waals surface area contributed by atoms with Crippen molar-refractivity contribution in [3.8, 4) is 5.75 Å². The van der Waals surface area contributed by atoms with E-state index in [1.165, 1.54) is 0 Å². The van der Waals surface area contributed by atoms with Crippen LogP contribution in [0.4, 0.5) is 0 Å². The van der Waals surface area contributed by atoms with E-state index in [2.05, 4.69) is 0 Å². The number of hydrogen-bond acceptors (Lipinski definition) is 4. The number of methoxy groups -OCH3 is 1. The molecule has 84 valence electrons. The first-order chi connectivity index (χ1) is 7.13. The van der Waals surface area contributed by atoms with Gasteiger partial charge in [0.05, 0.1) is 19.8 Å². The van der Waals surface area contributed by atoms with E-state index in [-0.39, 0.29) is 12.6 Å². The number of thioether (sulfide) groups is 1. The van der Waals surface area contributed by atoms with Gasteiger partial charge in [0.1, 0.15) is 5.75 Å². The number of aryl methyl sites for hydroxylation is 1. The Morgan fingerprint density at radius 3 is 2.67 bits per heavy atom. The lowest BCUT2D eigenvalue weighted by molar-refractivity contribution is 0.266. The number of rotatable bonds is 4. The maximum Gasteiger partial charge on any atom is 0.122 e. The molecule has 4 heteroatoms. The summed E-state index contributed by atoms with van der Waals surface area (Å²) in [5.74, 6) is 0.812. The van der Waals surface area contributed by atoms with Crippen LogP contribution in [0.2, 0.25) is 0 Å². The van der Waals surface area contributed by atoms with Gasteiger partial charge in [-0.1, -0.05) is 0 Å². The Bertz CT molecular complexity index is 342. The van der Waals surface area contributed by atoms with Crippen molar-refractivity contribution < 1.29 is 9.84 Å². The molecular formula is C11H17NO2S. The summed E-state index contributed by atoms with van der Waals surface area (Å²) < 4.78 is 5.23. The van der Waals surface area contributed by atoms with Gasteiger partial charge < -0.3 is 15.6 Å². The van der Waals surface area contributed by atoms with Gasteiger partial charge in [-0.25, -0.2) is 0 Å². The Kier molecular flexibility index (Phi) is 4.45. The standard InChI is InChI=1S/C11H17NO2S/c1-7-4-11(15-3)8(9(12)6-13)5-10(7)14-2/h4-5,9,13H,6,12H2,1-3H3. The normalized spacial score (nSPS) is 12.6. The van der Waals surface area contributed by atoms with Gasteiger partial charge in [-0.2, -0.15) is 0 Å². The fourth-order valence-electron chi connectivity index (χ4n) is 1.46. The maximum absolute atomic E-state index is 9.07. The predicted octanol–water partition coefficient (Wildman–Crippen LogP) is 1.72. The van der Waals surface area contributed by atoms with Gasteiger partial charge in [0.15, 0.2) is 0 Å². The minimum atomic E-state index is -0.345. The molecule has 0 fully saturated rings. The van der Waals surface area contributed by atoms with Crippen molar-refractivity contribution in [3.05, 3.63) is 23.3 Å². The van der Waals surface area contributed by atoms with E-state index in [1.54, 1.807) is 18.9 Å². The Balaban J connectivity index is 3.22. The molecular weight excluding hydrogens is 210 g/mol. The molecule has 1 aromatic carbocycles. The molecule has 0 heterocycles. The molecule has 0 aromatic heterocycles. The fourth-order valence-corrected chi connectivity index (χ4v) is 2.20. The Morgan fingerprint density at radius 1 is 1.53 bits per heavy atom. The van der Waals surface area contributed by atoms with Crippen LogP contribution in [-0.2, 0) is 0 Å². The molecule has 0 amide bonds. The summed E-state index contributed by atoms with van der Waals surface area (Å²) in [5, 5.41) is 9.07. The molecule has 3 N–H and O–H groups in total. The quantitative estimate of drug-likeness (QED) is 0.769. The summed E-state index contributed by atoms with van der Waals surface area (Å²) in [6.45, 7) is 1.94. The number of benzene rings is 1. The molecule has 1 rings (SSSR count). The van der Waals surface area contributed by atoms with Crippen LogP contribution in [0.15, 0.2) is 17.0 Å². The van der Waals surface area contributed by atoms with Crippen molar-refractivity contribution >= 4 is 11.8 Å². The molecule has 1 unspecified atom stereocenters. The van der Waals surface area contributed by atoms with Crippen molar-refractivity contribution in [2.24, 2.45) is 5.73 Å². The topological polar surface area (TPSA) is 55.5 Å². The van der Waals surface area contributed by atoms with Crippen LogP contribution in [0.3, 0.4) is 0 Å². The zero-order valence-corrected chi connectivity index (χ0v) is 10.1. The second-order valence-electron chi connectivity index (χ2n) is 3.35. The monoisotopic (exact) mass is 227 g/mol. The van der Waals surface area contributed by atoms with E-state index in [0.717, 1.165) is 21.8 Å². The van der Waals surface area contributed by atoms with Crippen LogP contribution in [0.1, 0.15) is 17.2 Å². The molecule has 0 saturated carbocycles. The van der Waals surface area contributed by atoms with Gasteiger partial charge >= 0.3 is 0 Å². The molecule has 1 atom stereocenters. The summed E-state index contributed by atoms with van der Waals surface area (Å²) >= 11 is 1.63. The van der Waals surface area contributed by atoms with Crippen LogP contribution in [0, 0.1) is 6.92 Å². The Morgan fingerprint density at radius 2 is 2.20 bits per heavy atom. The highest BCUT2D eigenvalue weighted by Gasteiger charge is 2.13. The zero-order chi connectivity index (χ0) is 11.4. The van der Waals surface area contributed by atoms with Crippen LogP contribution in [0.5, 0.6) is 5.75 Å². The molecule has 0 spiro atoms. The van der Waals surface area contributed by atoms with Gasteiger partial charge in [-0.3, -0.25) is 0 Å². The van der Waals surface area contributed by atoms with E-state index < -0.39 is 0 Å². The Hall–Kier alpha value is -0.710. The van der Waals surface area contributed by atoms with Crippen LogP contribution >= 0.6 is 11.8 Å². The molecule has 0 aliphatic heterocycles. The molecule has 0 bridgehead atoms. The number of aliphatic hydroxyl groups is 1. The summed E-state index contributed by atoms with van der Waals surface area (Å²) in [6, 6.07) is 3.60. The van der Waals surface area contributed by atoms with E-state index >= 15 is 0 Å². The number of aliphatic hydroxyl groups excluding tert-OH is 1. The summed E-state index contributed by atoms with van der Waals surface area (Å²) in [4.78, 5) is 1.09. The van der Waals surface area contributed by atoms with Crippen LogP contribution in [-0.4, -0.2) is 25.1 Å². The summed E-state index contributed by atoms with van der Waals surface area (Å²) in [6.07, 6.45) is 1.99. The molecule has 3 nitrogen and oxygen atoms in total. The van der Waals surface area contributed by atoms with Gasteiger partial charge in [-0.15, -0.1) is 11.8 Å². The minimum Gasteiger partial charge on any atom is -0.496 e. The number of hydrogen-bond donors (Lipinski definition) is 2. The van der Waals surface area contributed by atoms with Gasteiger partial charge in [-0.05, 0) is 36.4 Å². The number of nitrogens with two attached hydrogens (primary N) is 1. The molecule has 0 aliphatic rings. The van der Waals surface area contributed by atoms with E-state index in [0.29, 0.717) is 0 Å². The van der Waals surface area contributed by atoms with E-state index in [1.807, 2.05) is 25.3 Å². The lowest BCUT2D eigenvalue weighted by atomic mass is 10.1. The maximum atomic E-state index is 9.07. The average molecular weight is 227 g/mol. The molecule has 0 saturated heterocycles. The highest BCUT2D eigenvalue weighted by molar-refractivity contribution is 7.98. The summed E-state index contributed by atoms with van der Waals surface area (Å²) in [7, 11) is 1.63. The van der Waals surface area contributed by atoms with Crippen molar-refractivity contribution in [1.82, 2.24) is 0 Å². The third-order valence-corrected chi connectivity index (χ3v) is 3.14. The smallest absolute Gasteiger partial charge is 0.122 e. The average Bonchev–Trinajstić information content (AvgIpc) is 2.27. The third kappa shape index (κ3) is 2.65. The molecule has 1 aromatic rings. The van der Waals surface area contributed by atoms with Crippen LogP contribution < -0.4 is 10.5 Å². The minimum absolute atomic E-state index is 0.0558. The van der Waals surface area contributed by atoms with E-state index in [4.69, 9.17) is 15.6 Å². The lowest BCUT2D eigenvalue weighted by Gasteiger charge is -2.16. The van der Waals surface area contributed by atoms with Gasteiger partial charge in [0.25, 0.3) is 0 Å². The first-order valence-electron chi connectivity index (χ1n) is 4.73. The lowest BCUT2D eigenvalue weighted by Crippen LogP contribution is -2.15. The second kappa shape index (κ2) is 5.39. The second-order valence-corrected chi connectivity index (χ2v) is 4.20. The third-order valence-electron chi connectivity index (χ3n) is 2.34.